The number of sulfonamides is 1. The largest absolute Gasteiger partial charge is 0.481 e. The van der Waals surface area contributed by atoms with E-state index in [4.69, 9.17) is 11.5 Å². The van der Waals surface area contributed by atoms with Crippen molar-refractivity contribution in [3.8, 4) is 0 Å². The minimum absolute atomic E-state index is 0.0288. The molecule has 8 N–H and O–H groups in total. The number of aryl methyl sites for hydroxylation is 1. The molecule has 0 bridgehead atoms. The monoisotopic (exact) mass is 629 g/mol. The van der Waals surface area contributed by atoms with E-state index in [0.29, 0.717) is 6.42 Å². The van der Waals surface area contributed by atoms with Gasteiger partial charge in [0.05, 0.1) is 11.3 Å². The third-order valence-corrected chi connectivity index (χ3v) is 8.52. The molecule has 3 amide bonds. The number of carboxylic acid groups (broad SMARTS) is 1. The number of nitrogens with two attached hydrogens (primary N) is 2. The first-order valence-electron chi connectivity index (χ1n) is 14.2. The van der Waals surface area contributed by atoms with E-state index < -0.39 is 58.3 Å². The molecular weight excluding hydrogens is 590 g/mol. The van der Waals surface area contributed by atoms with Crippen molar-refractivity contribution in [1.29, 1.82) is 0 Å². The van der Waals surface area contributed by atoms with Gasteiger partial charge in [0.25, 0.3) is 0 Å². The molecule has 2 aromatic carbocycles. The van der Waals surface area contributed by atoms with E-state index in [1.807, 2.05) is 13.0 Å². The summed E-state index contributed by atoms with van der Waals surface area (Å²) in [6.07, 6.45) is 0.317. The maximum atomic E-state index is 13.8. The zero-order valence-corrected chi connectivity index (χ0v) is 25.3. The van der Waals surface area contributed by atoms with Crippen molar-refractivity contribution >= 4 is 39.7 Å². The van der Waals surface area contributed by atoms with Gasteiger partial charge in [0.2, 0.25) is 27.7 Å². The van der Waals surface area contributed by atoms with Gasteiger partial charge in [0.15, 0.2) is 5.96 Å². The number of carboxylic acids is 1. The van der Waals surface area contributed by atoms with Gasteiger partial charge in [-0.1, -0.05) is 48.0 Å². The van der Waals surface area contributed by atoms with Crippen LogP contribution in [-0.2, 0) is 35.7 Å². The Morgan fingerprint density at radius 3 is 2.36 bits per heavy atom. The number of hydrogen-bond donors (Lipinski definition) is 6. The van der Waals surface area contributed by atoms with Gasteiger partial charge in [-0.3, -0.25) is 24.2 Å². The first-order chi connectivity index (χ1) is 20.9. The summed E-state index contributed by atoms with van der Waals surface area (Å²) in [5.74, 6) is -3.48. The highest BCUT2D eigenvalue weighted by molar-refractivity contribution is 7.89. The molecule has 3 atom stereocenters. The number of likely N-dealkylation sites (tertiary alicyclic amines) is 1. The summed E-state index contributed by atoms with van der Waals surface area (Å²) in [5.41, 5.74) is 12.4. The smallest absolute Gasteiger partial charge is 0.305 e. The summed E-state index contributed by atoms with van der Waals surface area (Å²) in [4.78, 5) is 56.6. The number of aliphatic imine (C=N–C) groups is 1. The molecule has 0 saturated carbocycles. The van der Waals surface area contributed by atoms with Crippen molar-refractivity contribution in [3.05, 3.63) is 65.7 Å². The Bertz CT molecular complexity index is 1450. The fraction of sp³-hybridized carbons (Fsp3) is 0.414. The molecule has 1 saturated heterocycles. The normalized spacial score (nSPS) is 16.0. The number of guanidine groups is 1. The third-order valence-electron chi connectivity index (χ3n) is 7.03. The number of nitrogens with one attached hydrogen (secondary N) is 3. The molecule has 0 radical (unpaired) electrons. The lowest BCUT2D eigenvalue weighted by Gasteiger charge is -2.29. The van der Waals surface area contributed by atoms with Crippen LogP contribution in [0.4, 0.5) is 0 Å². The molecule has 1 aliphatic heterocycles. The number of carbonyl (C=O) groups excluding carboxylic acids is 3. The lowest BCUT2D eigenvalue weighted by Crippen LogP contribution is -2.56. The summed E-state index contributed by atoms with van der Waals surface area (Å²) in [7, 11) is -4.12. The summed E-state index contributed by atoms with van der Waals surface area (Å²) in [6.45, 7) is 2.25. The molecule has 1 aliphatic rings. The maximum Gasteiger partial charge on any atom is 0.305 e. The van der Waals surface area contributed by atoms with E-state index >= 15 is 0 Å². The average molecular weight is 630 g/mol. The van der Waals surface area contributed by atoms with Crippen LogP contribution in [-0.4, -0.2) is 79.3 Å². The van der Waals surface area contributed by atoms with E-state index in [0.717, 1.165) is 11.1 Å². The number of hydrogen-bond acceptors (Lipinski definition) is 7. The second kappa shape index (κ2) is 15.8. The second-order valence-electron chi connectivity index (χ2n) is 10.5. The van der Waals surface area contributed by atoms with Crippen LogP contribution in [0.25, 0.3) is 0 Å². The molecule has 3 rings (SSSR count). The van der Waals surface area contributed by atoms with Crippen molar-refractivity contribution < 1.29 is 32.7 Å². The van der Waals surface area contributed by atoms with Gasteiger partial charge in [-0.25, -0.2) is 8.42 Å². The zero-order chi connectivity index (χ0) is 32.3. The summed E-state index contributed by atoms with van der Waals surface area (Å²) in [6, 6.07) is 11.4. The summed E-state index contributed by atoms with van der Waals surface area (Å²) in [5, 5.41) is 14.5. The number of carbonyl (C=O) groups is 4. The first kappa shape index (κ1) is 34.0. The van der Waals surface area contributed by atoms with Gasteiger partial charge in [0, 0.05) is 19.6 Å². The molecule has 2 aromatic rings. The zero-order valence-electron chi connectivity index (χ0n) is 24.4. The fourth-order valence-electron chi connectivity index (χ4n) is 4.77. The molecule has 44 heavy (non-hydrogen) atoms. The van der Waals surface area contributed by atoms with Crippen LogP contribution in [0.1, 0.15) is 43.2 Å². The van der Waals surface area contributed by atoms with Crippen molar-refractivity contribution in [3.63, 3.8) is 0 Å². The van der Waals surface area contributed by atoms with Crippen molar-refractivity contribution in [2.75, 3.05) is 13.1 Å². The number of nitrogens with zero attached hydrogens (tertiary/aromatic N) is 2. The van der Waals surface area contributed by atoms with Crippen LogP contribution in [0.2, 0.25) is 0 Å². The van der Waals surface area contributed by atoms with Crippen molar-refractivity contribution in [2.24, 2.45) is 16.5 Å². The highest BCUT2D eigenvalue weighted by Crippen LogP contribution is 2.21. The number of aliphatic carboxylic acids is 1. The average Bonchev–Trinajstić information content (AvgIpc) is 3.47. The van der Waals surface area contributed by atoms with Crippen LogP contribution in [0, 0.1) is 6.92 Å². The van der Waals surface area contributed by atoms with Crippen molar-refractivity contribution in [2.45, 2.75) is 68.6 Å². The molecule has 1 fully saturated rings. The minimum atomic E-state index is -4.12. The Labute approximate surface area is 256 Å². The third kappa shape index (κ3) is 10.1. The summed E-state index contributed by atoms with van der Waals surface area (Å²) >= 11 is 0. The van der Waals surface area contributed by atoms with Crippen LogP contribution >= 0.6 is 0 Å². The molecule has 0 spiro atoms. The Morgan fingerprint density at radius 1 is 1.05 bits per heavy atom. The van der Waals surface area contributed by atoms with Crippen molar-refractivity contribution in [1.82, 2.24) is 20.3 Å². The SMILES string of the molecule is Cc1ccc(S(=O)(=O)N[C@@H](CCCN=C(N)N)C(=O)N2CCC[C@@H]2C(=O)N[C@@H](CC(=O)O)C(=O)NCc2ccccc2)cc1. The van der Waals surface area contributed by atoms with Gasteiger partial charge in [-0.2, -0.15) is 4.72 Å². The van der Waals surface area contributed by atoms with E-state index in [2.05, 4.69) is 20.3 Å². The first-order valence-corrected chi connectivity index (χ1v) is 15.6. The number of benzene rings is 2. The standard InChI is InChI=1S/C29H39N7O7S/c1-19-11-13-21(14-12-19)44(42,43)35-22(9-5-15-32-29(30)31)28(41)36-16-6-10-24(36)27(40)34-23(17-25(37)38)26(39)33-18-20-7-3-2-4-8-20/h2-4,7-8,11-14,22-24,35H,5-6,9-10,15-18H2,1H3,(H,33,39)(H,34,40)(H,37,38)(H4,30,31,32)/t22-,23-,24+/m0/s1. The molecule has 1 heterocycles. The van der Waals surface area contributed by atoms with Gasteiger partial charge in [-0.15, -0.1) is 0 Å². The molecule has 0 unspecified atom stereocenters. The Balaban J connectivity index is 1.76. The molecule has 15 heteroatoms. The minimum Gasteiger partial charge on any atom is -0.481 e. The molecule has 14 nitrogen and oxygen atoms in total. The maximum absolute atomic E-state index is 13.8. The van der Waals surface area contributed by atoms with Crippen LogP contribution in [0.3, 0.4) is 0 Å². The fourth-order valence-corrected chi connectivity index (χ4v) is 6.00. The highest BCUT2D eigenvalue weighted by Gasteiger charge is 2.39. The Morgan fingerprint density at radius 2 is 1.73 bits per heavy atom. The van der Waals surface area contributed by atoms with Gasteiger partial charge < -0.3 is 32.1 Å². The van der Waals surface area contributed by atoms with E-state index in [1.165, 1.54) is 17.0 Å². The van der Waals surface area contributed by atoms with E-state index in [9.17, 15) is 32.7 Å². The van der Waals surface area contributed by atoms with Crippen LogP contribution < -0.4 is 26.8 Å². The predicted molar refractivity (Wildman–Crippen MR) is 162 cm³/mol. The topological polar surface area (TPSA) is 226 Å². The predicted octanol–water partition coefficient (Wildman–Crippen LogP) is -0.0376. The second-order valence-corrected chi connectivity index (χ2v) is 12.2. The number of rotatable bonds is 15. The molecule has 0 aromatic heterocycles. The van der Waals surface area contributed by atoms with Crippen LogP contribution in [0.15, 0.2) is 64.5 Å². The van der Waals surface area contributed by atoms with E-state index in [-0.39, 0.29) is 49.8 Å². The highest BCUT2D eigenvalue weighted by atomic mass is 32.2. The molecular formula is C29H39N7O7S. The Kier molecular flexibility index (Phi) is 12.2. The summed E-state index contributed by atoms with van der Waals surface area (Å²) < 4.78 is 28.8. The van der Waals surface area contributed by atoms with Gasteiger partial charge in [0.1, 0.15) is 18.1 Å². The molecule has 238 valence electrons. The van der Waals surface area contributed by atoms with E-state index in [1.54, 1.807) is 36.4 Å². The lowest BCUT2D eigenvalue weighted by molar-refractivity contribution is -0.143. The van der Waals surface area contributed by atoms with Crippen LogP contribution in [0.5, 0.6) is 0 Å². The lowest BCUT2D eigenvalue weighted by atomic mass is 10.1. The quantitative estimate of drug-likeness (QED) is 0.0881. The van der Waals surface area contributed by atoms with Gasteiger partial charge >= 0.3 is 5.97 Å². The Hall–Kier alpha value is -4.50. The number of amides is 3. The molecule has 0 aliphatic carbocycles. The van der Waals surface area contributed by atoms with Gasteiger partial charge in [-0.05, 0) is 50.3 Å².